The van der Waals surface area contributed by atoms with E-state index in [-0.39, 0.29) is 12.5 Å². The molecule has 0 heterocycles. The number of rotatable bonds is 6. The van der Waals surface area contributed by atoms with E-state index in [9.17, 15) is 4.79 Å². The SMILES string of the molecule is COc1ccc(NCC(=O)N/N=C\c2ccc(Cl)cc2Cl)cc1. The summed E-state index contributed by atoms with van der Waals surface area (Å²) in [6.07, 6.45) is 1.46. The highest BCUT2D eigenvalue weighted by molar-refractivity contribution is 6.36. The van der Waals surface area contributed by atoms with Gasteiger partial charge in [0.25, 0.3) is 5.91 Å². The molecule has 0 bridgehead atoms. The molecule has 2 aromatic rings. The summed E-state index contributed by atoms with van der Waals surface area (Å²) in [7, 11) is 1.60. The molecule has 0 aliphatic rings. The number of ether oxygens (including phenoxy) is 1. The lowest BCUT2D eigenvalue weighted by atomic mass is 10.2. The third-order valence-electron chi connectivity index (χ3n) is 2.90. The lowest BCUT2D eigenvalue weighted by Gasteiger charge is -2.06. The predicted octanol–water partition coefficient (Wildman–Crippen LogP) is 3.56. The molecule has 0 spiro atoms. The van der Waals surface area contributed by atoms with Crippen LogP contribution in [0.4, 0.5) is 5.69 Å². The van der Waals surface area contributed by atoms with Crippen LogP contribution in [0.15, 0.2) is 47.6 Å². The van der Waals surface area contributed by atoms with Crippen LogP contribution in [0.25, 0.3) is 0 Å². The Morgan fingerprint density at radius 1 is 1.22 bits per heavy atom. The van der Waals surface area contributed by atoms with E-state index in [1.807, 2.05) is 12.1 Å². The summed E-state index contributed by atoms with van der Waals surface area (Å²) in [6.45, 7) is 0.0953. The molecule has 0 aromatic heterocycles. The number of halogens is 2. The van der Waals surface area contributed by atoms with Crippen LogP contribution in [0.1, 0.15) is 5.56 Å². The minimum absolute atomic E-state index is 0.0953. The highest BCUT2D eigenvalue weighted by Crippen LogP contribution is 2.19. The molecule has 0 aliphatic heterocycles. The van der Waals surface area contributed by atoms with Gasteiger partial charge in [-0.05, 0) is 36.4 Å². The van der Waals surface area contributed by atoms with Gasteiger partial charge >= 0.3 is 0 Å². The molecule has 2 aromatic carbocycles. The summed E-state index contributed by atoms with van der Waals surface area (Å²) in [5, 5.41) is 7.84. The van der Waals surface area contributed by atoms with Crippen LogP contribution < -0.4 is 15.5 Å². The molecule has 1 amide bonds. The molecular formula is C16H15Cl2N3O2. The molecule has 2 rings (SSSR count). The number of nitrogens with zero attached hydrogens (tertiary/aromatic N) is 1. The standard InChI is InChI=1S/C16H15Cl2N3O2/c1-23-14-6-4-13(5-7-14)19-10-16(22)21-20-9-11-2-3-12(17)8-15(11)18/h2-9,19H,10H2,1H3,(H,21,22)/b20-9-. The van der Waals surface area contributed by atoms with Gasteiger partial charge in [-0.15, -0.1) is 0 Å². The average Bonchev–Trinajstić information content (AvgIpc) is 2.55. The van der Waals surface area contributed by atoms with E-state index < -0.39 is 0 Å². The molecule has 5 nitrogen and oxygen atoms in total. The summed E-state index contributed by atoms with van der Waals surface area (Å²) in [5.41, 5.74) is 3.89. The Balaban J connectivity index is 1.81. The first-order valence-corrected chi connectivity index (χ1v) is 7.49. The highest BCUT2D eigenvalue weighted by atomic mass is 35.5. The molecule has 0 unspecified atom stereocenters. The minimum atomic E-state index is -0.276. The van der Waals surface area contributed by atoms with Crippen LogP contribution in [-0.2, 0) is 4.79 Å². The van der Waals surface area contributed by atoms with Crippen LogP contribution in [0.2, 0.25) is 10.0 Å². The molecule has 2 N–H and O–H groups in total. The van der Waals surface area contributed by atoms with E-state index in [4.69, 9.17) is 27.9 Å². The van der Waals surface area contributed by atoms with Crippen molar-refractivity contribution in [1.82, 2.24) is 5.43 Å². The van der Waals surface area contributed by atoms with Gasteiger partial charge in [0.05, 0.1) is 24.9 Å². The summed E-state index contributed by atoms with van der Waals surface area (Å²) in [4.78, 5) is 11.7. The number of benzene rings is 2. The number of hydrazone groups is 1. The zero-order valence-corrected chi connectivity index (χ0v) is 13.9. The van der Waals surface area contributed by atoms with E-state index in [0.717, 1.165) is 11.4 Å². The number of anilines is 1. The zero-order chi connectivity index (χ0) is 16.7. The first kappa shape index (κ1) is 17.1. The monoisotopic (exact) mass is 351 g/mol. The maximum absolute atomic E-state index is 11.7. The normalized spacial score (nSPS) is 10.6. The van der Waals surface area contributed by atoms with Gasteiger partial charge in [-0.2, -0.15) is 5.10 Å². The number of hydrogen-bond donors (Lipinski definition) is 2. The number of methoxy groups -OCH3 is 1. The number of nitrogens with one attached hydrogen (secondary N) is 2. The third-order valence-corrected chi connectivity index (χ3v) is 3.46. The Hall–Kier alpha value is -2.24. The minimum Gasteiger partial charge on any atom is -0.497 e. The van der Waals surface area contributed by atoms with Gasteiger partial charge in [-0.1, -0.05) is 29.3 Å². The Morgan fingerprint density at radius 3 is 2.61 bits per heavy atom. The lowest BCUT2D eigenvalue weighted by molar-refractivity contribution is -0.119. The van der Waals surface area contributed by atoms with Crippen molar-refractivity contribution < 1.29 is 9.53 Å². The van der Waals surface area contributed by atoms with E-state index >= 15 is 0 Å². The van der Waals surface area contributed by atoms with E-state index in [1.165, 1.54) is 6.21 Å². The maximum atomic E-state index is 11.7. The molecule has 7 heteroatoms. The van der Waals surface area contributed by atoms with Gasteiger partial charge in [0, 0.05) is 16.3 Å². The van der Waals surface area contributed by atoms with Crippen molar-refractivity contribution in [3.8, 4) is 5.75 Å². The fourth-order valence-corrected chi connectivity index (χ4v) is 2.17. The van der Waals surface area contributed by atoms with E-state index in [2.05, 4.69) is 15.8 Å². The summed E-state index contributed by atoms with van der Waals surface area (Å²) in [6, 6.07) is 12.3. The van der Waals surface area contributed by atoms with Crippen molar-refractivity contribution in [3.05, 3.63) is 58.1 Å². The summed E-state index contributed by atoms with van der Waals surface area (Å²) >= 11 is 11.8. The van der Waals surface area contributed by atoms with Crippen molar-refractivity contribution in [1.29, 1.82) is 0 Å². The molecule has 0 radical (unpaired) electrons. The van der Waals surface area contributed by atoms with Gasteiger partial charge < -0.3 is 10.1 Å². The Labute approximate surface area is 144 Å². The number of carbonyl (C=O) groups excluding carboxylic acids is 1. The molecule has 0 saturated heterocycles. The predicted molar refractivity (Wildman–Crippen MR) is 93.7 cm³/mol. The van der Waals surface area contributed by atoms with Gasteiger partial charge in [-0.3, -0.25) is 4.79 Å². The third kappa shape index (κ3) is 5.47. The maximum Gasteiger partial charge on any atom is 0.259 e. The zero-order valence-electron chi connectivity index (χ0n) is 12.3. The second kappa shape index (κ2) is 8.41. The number of hydrogen-bond acceptors (Lipinski definition) is 4. The van der Waals surface area contributed by atoms with Crippen LogP contribution in [0, 0.1) is 0 Å². The van der Waals surface area contributed by atoms with E-state index in [1.54, 1.807) is 37.4 Å². The van der Waals surface area contributed by atoms with Gasteiger partial charge in [0.2, 0.25) is 0 Å². The molecule has 23 heavy (non-hydrogen) atoms. The largest absolute Gasteiger partial charge is 0.497 e. The molecule has 120 valence electrons. The lowest BCUT2D eigenvalue weighted by Crippen LogP contribution is -2.25. The molecular weight excluding hydrogens is 337 g/mol. The van der Waals surface area contributed by atoms with Gasteiger partial charge in [0.1, 0.15) is 5.75 Å². The molecule has 0 atom stereocenters. The highest BCUT2D eigenvalue weighted by Gasteiger charge is 2.01. The van der Waals surface area contributed by atoms with Crippen molar-refractivity contribution in [2.45, 2.75) is 0 Å². The fraction of sp³-hybridized carbons (Fsp3) is 0.125. The van der Waals surface area contributed by atoms with Gasteiger partial charge in [-0.25, -0.2) is 5.43 Å². The Morgan fingerprint density at radius 2 is 1.96 bits per heavy atom. The van der Waals surface area contributed by atoms with Crippen LogP contribution in [0.5, 0.6) is 5.75 Å². The second-order valence-corrected chi connectivity index (χ2v) is 5.38. The van der Waals surface area contributed by atoms with Crippen molar-refractivity contribution in [2.75, 3.05) is 19.0 Å². The number of carbonyl (C=O) groups is 1. The topological polar surface area (TPSA) is 62.7 Å². The van der Waals surface area contributed by atoms with Crippen LogP contribution >= 0.6 is 23.2 Å². The van der Waals surface area contributed by atoms with Crippen molar-refractivity contribution >= 4 is 41.0 Å². The average molecular weight is 352 g/mol. The van der Waals surface area contributed by atoms with Crippen LogP contribution in [-0.4, -0.2) is 25.8 Å². The Bertz CT molecular complexity index is 703. The first-order chi connectivity index (χ1) is 11.1. The van der Waals surface area contributed by atoms with Gasteiger partial charge in [0.15, 0.2) is 0 Å². The first-order valence-electron chi connectivity index (χ1n) is 6.73. The summed E-state index contributed by atoms with van der Waals surface area (Å²) < 4.78 is 5.06. The molecule has 0 aliphatic carbocycles. The smallest absolute Gasteiger partial charge is 0.259 e. The van der Waals surface area contributed by atoms with E-state index in [0.29, 0.717) is 15.6 Å². The fourth-order valence-electron chi connectivity index (χ4n) is 1.71. The number of amides is 1. The van der Waals surface area contributed by atoms with Crippen LogP contribution in [0.3, 0.4) is 0 Å². The van der Waals surface area contributed by atoms with Crippen molar-refractivity contribution in [3.63, 3.8) is 0 Å². The molecule has 0 fully saturated rings. The Kier molecular flexibility index (Phi) is 6.26. The molecule has 0 saturated carbocycles. The van der Waals surface area contributed by atoms with Crippen molar-refractivity contribution in [2.24, 2.45) is 5.10 Å². The quantitative estimate of drug-likeness (QED) is 0.617. The summed E-state index contributed by atoms with van der Waals surface area (Å²) in [5.74, 6) is 0.478. The second-order valence-electron chi connectivity index (χ2n) is 4.54.